The molecule has 2 heterocycles. The summed E-state index contributed by atoms with van der Waals surface area (Å²) in [6.45, 7) is 3.47. The highest BCUT2D eigenvalue weighted by atomic mass is 35.5. The third kappa shape index (κ3) is 14.6. The molecule has 6 rings (SSSR count). The van der Waals surface area contributed by atoms with E-state index in [0.29, 0.717) is 32.2 Å². The molecule has 380 valence electrons. The van der Waals surface area contributed by atoms with Crippen LogP contribution in [0.2, 0.25) is 0 Å². The maximum Gasteiger partial charge on any atom is 0.246 e. The standard InChI is InChI=1S/C52H67ClN10O8/c1-33(54-3)47(66)59-41(51(70)62-29-15-25-43(62)49(68)57-39-23-13-19-35-17-7-9-21-37(35)39)31-45(64)55-27-11-5-6-12-28-56-46(65)32-42(60-48(67)34(2)61(4)53)52(71)63-30-16-26-44(63)50(69)58-40-24-14-20-36-18-8-10-22-38(36)40/h7-10,17-18,21-22,33-34,39-44,54H,13-16,19-20,23-32H2,1-4H3,(H,55,64)(H,56,65)(H,57,68)(H,58,69)(H,59,66)(H,60,67)/t33-,34-,39+,40+,41-,42-,43-,44-/m0/s1. The van der Waals surface area contributed by atoms with Gasteiger partial charge < -0.3 is 47.0 Å². The van der Waals surface area contributed by atoms with Gasteiger partial charge in [0.25, 0.3) is 0 Å². The minimum absolute atomic E-state index is 0.137. The van der Waals surface area contributed by atoms with Gasteiger partial charge in [-0.05, 0) is 131 Å². The van der Waals surface area contributed by atoms with Gasteiger partial charge in [0.15, 0.2) is 0 Å². The second kappa shape index (κ2) is 26.1. The van der Waals surface area contributed by atoms with Gasteiger partial charge in [-0.15, -0.1) is 0 Å². The van der Waals surface area contributed by atoms with E-state index >= 15 is 0 Å². The first-order valence-corrected chi connectivity index (χ1v) is 25.0. The highest BCUT2D eigenvalue weighted by Gasteiger charge is 2.41. The Bertz CT molecular complexity index is 2430. The van der Waals surface area contributed by atoms with Crippen molar-refractivity contribution in [3.63, 3.8) is 0 Å². The molecule has 19 heteroatoms. The number of likely N-dealkylation sites (N-methyl/N-ethyl adjacent to an activating group) is 2. The molecular formula is C52H67ClN10O8. The van der Waals surface area contributed by atoms with Crippen LogP contribution < -0.4 is 37.2 Å². The van der Waals surface area contributed by atoms with Crippen LogP contribution in [0.5, 0.6) is 0 Å². The Balaban J connectivity index is 1.000. The predicted octanol–water partition coefficient (Wildman–Crippen LogP) is 1.43. The first-order valence-electron chi connectivity index (χ1n) is 24.7. The van der Waals surface area contributed by atoms with Crippen molar-refractivity contribution in [3.05, 3.63) is 70.8 Å². The Morgan fingerprint density at radius 2 is 1.08 bits per heavy atom. The summed E-state index contributed by atoms with van der Waals surface area (Å²) in [5, 5.41) is 19.7. The number of nitrogens with one attached hydrogen (secondary N) is 7. The summed E-state index contributed by atoms with van der Waals surface area (Å²) in [6.07, 6.45) is 6.53. The molecule has 0 unspecified atom stereocenters. The van der Waals surface area contributed by atoms with Crippen LogP contribution in [-0.2, 0) is 51.2 Å². The number of carbonyl (C=O) groups excluding carboxylic acids is 8. The second-order valence-corrected chi connectivity index (χ2v) is 19.1. The van der Waals surface area contributed by atoms with E-state index in [1.54, 1.807) is 20.9 Å². The first-order chi connectivity index (χ1) is 34.2. The number of nitrogens with zero attached hydrogens (tertiary/aromatic N) is 3. The second-order valence-electron chi connectivity index (χ2n) is 18.6. The summed E-state index contributed by atoms with van der Waals surface area (Å²) in [5.41, 5.74) is 4.53. The molecular weight excluding hydrogens is 928 g/mol. The largest absolute Gasteiger partial charge is 0.347 e. The van der Waals surface area contributed by atoms with Crippen molar-refractivity contribution in [2.45, 2.75) is 139 Å². The molecule has 2 aromatic rings. The summed E-state index contributed by atoms with van der Waals surface area (Å²) >= 11 is 6.05. The van der Waals surface area contributed by atoms with Crippen LogP contribution in [0.1, 0.15) is 112 Å². The van der Waals surface area contributed by atoms with Gasteiger partial charge in [0.05, 0.1) is 44.1 Å². The fourth-order valence-corrected chi connectivity index (χ4v) is 9.70. The van der Waals surface area contributed by atoms with Gasteiger partial charge in [-0.3, -0.25) is 38.4 Å². The highest BCUT2D eigenvalue weighted by molar-refractivity contribution is 6.14. The molecule has 0 saturated carbocycles. The van der Waals surface area contributed by atoms with E-state index < -0.39 is 84.5 Å². The number of likely N-dealkylation sites (tertiary alicyclic amines) is 2. The third-order valence-electron chi connectivity index (χ3n) is 13.8. The van der Waals surface area contributed by atoms with Gasteiger partial charge in [-0.1, -0.05) is 60.4 Å². The average molecular weight is 996 g/mol. The molecule has 0 aromatic heterocycles. The maximum absolute atomic E-state index is 14.1. The lowest BCUT2D eigenvalue weighted by Gasteiger charge is -2.32. The SMILES string of the molecule is CN[C@@H](C)C(=O)N[C@@H](CC(=O)NCC#CC#CCNC(=O)C[C@H](NC(=O)[C@H](C)N(C)Cl)C(=O)N1CCC[C@H]1C(=O)N[C@@H]1CCCc2ccccc21)C(=O)N1CCC[C@H]1C(=O)N[C@@H]1CCCc2ccccc21. The van der Waals surface area contributed by atoms with Gasteiger partial charge in [-0.2, -0.15) is 0 Å². The van der Waals surface area contributed by atoms with E-state index in [1.807, 2.05) is 36.4 Å². The van der Waals surface area contributed by atoms with Crippen molar-refractivity contribution >= 4 is 59.0 Å². The van der Waals surface area contributed by atoms with Crippen molar-refractivity contribution in [1.82, 2.24) is 51.4 Å². The lowest BCUT2D eigenvalue weighted by atomic mass is 9.87. The molecule has 2 aliphatic carbocycles. The predicted molar refractivity (Wildman–Crippen MR) is 266 cm³/mol. The number of hydrogen-bond donors (Lipinski definition) is 7. The molecule has 8 amide bonds. The van der Waals surface area contributed by atoms with Gasteiger partial charge in [-0.25, -0.2) is 4.42 Å². The third-order valence-corrected chi connectivity index (χ3v) is 14.1. The van der Waals surface area contributed by atoms with Crippen LogP contribution >= 0.6 is 11.8 Å². The summed E-state index contributed by atoms with van der Waals surface area (Å²) in [6, 6.07) is 10.1. The normalized spacial score (nSPS) is 20.7. The molecule has 2 saturated heterocycles. The van der Waals surface area contributed by atoms with Gasteiger partial charge >= 0.3 is 0 Å². The van der Waals surface area contributed by atoms with Crippen LogP contribution in [-0.4, -0.2) is 138 Å². The van der Waals surface area contributed by atoms with Gasteiger partial charge in [0, 0.05) is 20.1 Å². The molecule has 0 bridgehead atoms. The van der Waals surface area contributed by atoms with Crippen LogP contribution in [0.3, 0.4) is 0 Å². The number of aryl methyl sites for hydroxylation is 2. The van der Waals surface area contributed by atoms with Crippen molar-refractivity contribution < 1.29 is 38.4 Å². The fourth-order valence-electron chi connectivity index (χ4n) is 9.61. The Morgan fingerprint density at radius 3 is 1.52 bits per heavy atom. The monoisotopic (exact) mass is 994 g/mol. The average Bonchev–Trinajstić information content (AvgIpc) is 4.08. The number of fused-ring (bicyclic) bond motifs is 2. The fraction of sp³-hybridized carbons (Fsp3) is 0.538. The van der Waals surface area contributed by atoms with E-state index in [1.165, 1.54) is 28.0 Å². The topological polar surface area (TPSA) is 230 Å². The van der Waals surface area contributed by atoms with E-state index in [4.69, 9.17) is 11.8 Å². The Kier molecular flexibility index (Phi) is 19.8. The zero-order valence-corrected chi connectivity index (χ0v) is 41.8. The molecule has 0 spiro atoms. The zero-order chi connectivity index (χ0) is 51.0. The molecule has 71 heavy (non-hydrogen) atoms. The van der Waals surface area contributed by atoms with Crippen LogP contribution in [0, 0.1) is 23.7 Å². The van der Waals surface area contributed by atoms with Crippen molar-refractivity contribution in [3.8, 4) is 23.7 Å². The van der Waals surface area contributed by atoms with Crippen molar-refractivity contribution in [2.75, 3.05) is 40.3 Å². The first kappa shape index (κ1) is 53.9. The molecule has 18 nitrogen and oxygen atoms in total. The number of benzene rings is 2. The smallest absolute Gasteiger partial charge is 0.246 e. The Labute approximate surface area is 421 Å². The summed E-state index contributed by atoms with van der Waals surface area (Å²) in [5.74, 6) is 6.74. The van der Waals surface area contributed by atoms with Gasteiger partial charge in [0.1, 0.15) is 30.2 Å². The minimum atomic E-state index is -1.29. The number of hydrogen-bond acceptors (Lipinski definition) is 10. The maximum atomic E-state index is 14.1. The number of carbonyl (C=O) groups is 8. The van der Waals surface area contributed by atoms with Crippen molar-refractivity contribution in [2.24, 2.45) is 0 Å². The van der Waals surface area contributed by atoms with Crippen molar-refractivity contribution in [1.29, 1.82) is 0 Å². The van der Waals surface area contributed by atoms with E-state index in [0.717, 1.165) is 54.1 Å². The quantitative estimate of drug-likeness (QED) is 0.0840. The molecule has 8 atom stereocenters. The number of halogens is 1. The molecule has 7 N–H and O–H groups in total. The molecule has 2 fully saturated rings. The van der Waals surface area contributed by atoms with Gasteiger partial charge in [0.2, 0.25) is 47.3 Å². The Morgan fingerprint density at radius 1 is 0.648 bits per heavy atom. The summed E-state index contributed by atoms with van der Waals surface area (Å²) < 4.78 is 1.15. The van der Waals surface area contributed by atoms with Crippen LogP contribution in [0.15, 0.2) is 48.5 Å². The summed E-state index contributed by atoms with van der Waals surface area (Å²) in [7, 11) is 3.09. The lowest BCUT2D eigenvalue weighted by Crippen LogP contribution is -2.56. The van der Waals surface area contributed by atoms with E-state index in [-0.39, 0.29) is 43.5 Å². The Hall–Kier alpha value is -6.47. The van der Waals surface area contributed by atoms with E-state index in [2.05, 4.69) is 73.0 Å². The number of rotatable bonds is 18. The summed E-state index contributed by atoms with van der Waals surface area (Å²) in [4.78, 5) is 111. The minimum Gasteiger partial charge on any atom is -0.347 e. The highest BCUT2D eigenvalue weighted by Crippen LogP contribution is 2.32. The molecule has 0 radical (unpaired) electrons. The van der Waals surface area contributed by atoms with Crippen LogP contribution in [0.4, 0.5) is 0 Å². The lowest BCUT2D eigenvalue weighted by molar-refractivity contribution is -0.143. The van der Waals surface area contributed by atoms with E-state index in [9.17, 15) is 38.4 Å². The molecule has 2 aliphatic heterocycles. The molecule has 4 aliphatic rings. The zero-order valence-electron chi connectivity index (χ0n) is 41.0. The van der Waals surface area contributed by atoms with Crippen LogP contribution in [0.25, 0.3) is 0 Å². The molecule has 2 aromatic carbocycles. The number of amides is 8.